The number of rotatable bonds is 4. The summed E-state index contributed by atoms with van der Waals surface area (Å²) in [5.41, 5.74) is 0.143. The second-order valence-corrected chi connectivity index (χ2v) is 5.06. The first-order valence-electron chi connectivity index (χ1n) is 5.57. The second-order valence-electron chi connectivity index (χ2n) is 5.06. The standard InChI is InChI=1S/C11H21NO/c1-11(2)7-5-10(13-11)6-8-12-9-3-4-9/h9-10,12H,3-8H2,1-2H3. The quantitative estimate of drug-likeness (QED) is 0.720. The fourth-order valence-corrected chi connectivity index (χ4v) is 2.02. The highest BCUT2D eigenvalue weighted by atomic mass is 16.5. The molecule has 2 aliphatic rings. The second kappa shape index (κ2) is 3.58. The molecule has 0 bridgehead atoms. The van der Waals surface area contributed by atoms with Crippen molar-refractivity contribution in [1.82, 2.24) is 5.32 Å². The molecular weight excluding hydrogens is 162 g/mol. The monoisotopic (exact) mass is 183 g/mol. The largest absolute Gasteiger partial charge is 0.372 e. The molecular formula is C11H21NO. The van der Waals surface area contributed by atoms with Gasteiger partial charge < -0.3 is 10.1 Å². The first kappa shape index (κ1) is 9.47. The van der Waals surface area contributed by atoms with Crippen molar-refractivity contribution >= 4 is 0 Å². The number of nitrogens with one attached hydrogen (secondary N) is 1. The van der Waals surface area contributed by atoms with E-state index in [1.165, 1.54) is 32.1 Å². The third-order valence-electron chi connectivity index (χ3n) is 3.03. The first-order valence-corrected chi connectivity index (χ1v) is 5.57. The molecule has 2 nitrogen and oxygen atoms in total. The van der Waals surface area contributed by atoms with Crippen LogP contribution in [0.3, 0.4) is 0 Å². The molecule has 0 radical (unpaired) electrons. The van der Waals surface area contributed by atoms with Gasteiger partial charge >= 0.3 is 0 Å². The highest BCUT2D eigenvalue weighted by molar-refractivity contribution is 4.84. The van der Waals surface area contributed by atoms with Crippen LogP contribution < -0.4 is 5.32 Å². The first-order chi connectivity index (χ1) is 6.16. The summed E-state index contributed by atoms with van der Waals surface area (Å²) in [6, 6.07) is 0.842. The van der Waals surface area contributed by atoms with Crippen molar-refractivity contribution in [1.29, 1.82) is 0 Å². The van der Waals surface area contributed by atoms with Crippen molar-refractivity contribution in [2.45, 2.75) is 63.7 Å². The van der Waals surface area contributed by atoms with Gasteiger partial charge in [-0.3, -0.25) is 0 Å². The Morgan fingerprint density at radius 2 is 2.08 bits per heavy atom. The summed E-state index contributed by atoms with van der Waals surface area (Å²) in [7, 11) is 0. The molecule has 13 heavy (non-hydrogen) atoms. The Bertz CT molecular complexity index is 175. The molecule has 1 atom stereocenters. The van der Waals surface area contributed by atoms with Crippen LogP contribution in [0.2, 0.25) is 0 Å². The van der Waals surface area contributed by atoms with E-state index in [0.717, 1.165) is 12.6 Å². The lowest BCUT2D eigenvalue weighted by molar-refractivity contribution is -0.0179. The summed E-state index contributed by atoms with van der Waals surface area (Å²) >= 11 is 0. The molecule has 1 aliphatic heterocycles. The lowest BCUT2D eigenvalue weighted by Gasteiger charge is -2.19. The Morgan fingerprint density at radius 1 is 1.31 bits per heavy atom. The number of ether oxygens (including phenoxy) is 1. The van der Waals surface area contributed by atoms with Gasteiger partial charge in [0.25, 0.3) is 0 Å². The minimum Gasteiger partial charge on any atom is -0.372 e. The molecule has 1 saturated carbocycles. The maximum absolute atomic E-state index is 5.91. The van der Waals surface area contributed by atoms with Crippen molar-refractivity contribution in [2.75, 3.05) is 6.54 Å². The molecule has 1 N–H and O–H groups in total. The summed E-state index contributed by atoms with van der Waals surface area (Å²) in [6.07, 6.45) is 6.95. The van der Waals surface area contributed by atoms with E-state index in [1.54, 1.807) is 0 Å². The Kier molecular flexibility index (Phi) is 2.61. The van der Waals surface area contributed by atoms with Crippen LogP contribution in [0.5, 0.6) is 0 Å². The minimum atomic E-state index is 0.143. The van der Waals surface area contributed by atoms with Gasteiger partial charge in [0.1, 0.15) is 0 Å². The zero-order valence-corrected chi connectivity index (χ0v) is 8.81. The molecule has 0 spiro atoms. The fraction of sp³-hybridized carbons (Fsp3) is 1.00. The van der Waals surface area contributed by atoms with Crippen molar-refractivity contribution in [3.05, 3.63) is 0 Å². The smallest absolute Gasteiger partial charge is 0.0631 e. The Labute approximate surface area is 81.0 Å². The van der Waals surface area contributed by atoms with Crippen LogP contribution in [0.15, 0.2) is 0 Å². The van der Waals surface area contributed by atoms with E-state index in [-0.39, 0.29) is 5.60 Å². The third kappa shape index (κ3) is 2.96. The molecule has 0 aromatic heterocycles. The lowest BCUT2D eigenvalue weighted by atomic mass is 10.0. The van der Waals surface area contributed by atoms with Crippen LogP contribution in [-0.2, 0) is 4.74 Å². The highest BCUT2D eigenvalue weighted by Crippen LogP contribution is 2.30. The van der Waals surface area contributed by atoms with Crippen LogP contribution in [0.25, 0.3) is 0 Å². The average molecular weight is 183 g/mol. The van der Waals surface area contributed by atoms with E-state index in [2.05, 4.69) is 19.2 Å². The predicted molar refractivity (Wildman–Crippen MR) is 53.8 cm³/mol. The molecule has 76 valence electrons. The lowest BCUT2D eigenvalue weighted by Crippen LogP contribution is -2.24. The van der Waals surface area contributed by atoms with Crippen molar-refractivity contribution in [2.24, 2.45) is 0 Å². The zero-order valence-electron chi connectivity index (χ0n) is 8.81. The van der Waals surface area contributed by atoms with Gasteiger partial charge in [0, 0.05) is 6.04 Å². The van der Waals surface area contributed by atoms with Crippen LogP contribution >= 0.6 is 0 Å². The van der Waals surface area contributed by atoms with Crippen molar-refractivity contribution in [3.8, 4) is 0 Å². The van der Waals surface area contributed by atoms with E-state index in [9.17, 15) is 0 Å². The SMILES string of the molecule is CC1(C)CCC(CCNC2CC2)O1. The molecule has 0 aromatic carbocycles. The van der Waals surface area contributed by atoms with E-state index >= 15 is 0 Å². The van der Waals surface area contributed by atoms with Crippen LogP contribution in [0, 0.1) is 0 Å². The molecule has 2 rings (SSSR count). The fourth-order valence-electron chi connectivity index (χ4n) is 2.02. The van der Waals surface area contributed by atoms with Gasteiger partial charge in [-0.1, -0.05) is 0 Å². The number of hydrogen-bond donors (Lipinski definition) is 1. The normalized spacial score (nSPS) is 32.3. The van der Waals surface area contributed by atoms with Gasteiger partial charge in [-0.05, 0) is 52.5 Å². The Hall–Kier alpha value is -0.0800. The summed E-state index contributed by atoms with van der Waals surface area (Å²) in [4.78, 5) is 0. The highest BCUT2D eigenvalue weighted by Gasteiger charge is 2.31. The third-order valence-corrected chi connectivity index (χ3v) is 3.03. The molecule has 2 heteroatoms. The van der Waals surface area contributed by atoms with Crippen molar-refractivity contribution in [3.63, 3.8) is 0 Å². The van der Waals surface area contributed by atoms with E-state index < -0.39 is 0 Å². The molecule has 0 aromatic rings. The molecule has 2 fully saturated rings. The Morgan fingerprint density at radius 3 is 2.62 bits per heavy atom. The topological polar surface area (TPSA) is 21.3 Å². The zero-order chi connectivity index (χ0) is 9.31. The predicted octanol–water partition coefficient (Wildman–Crippen LogP) is 2.09. The summed E-state index contributed by atoms with van der Waals surface area (Å²) in [6.45, 7) is 5.54. The average Bonchev–Trinajstić information content (AvgIpc) is 2.78. The van der Waals surface area contributed by atoms with Gasteiger partial charge in [0.15, 0.2) is 0 Å². The molecule has 1 heterocycles. The maximum atomic E-state index is 5.91. The number of hydrogen-bond acceptors (Lipinski definition) is 2. The summed E-state index contributed by atoms with van der Waals surface area (Å²) < 4.78 is 5.91. The van der Waals surface area contributed by atoms with Crippen molar-refractivity contribution < 1.29 is 4.74 Å². The van der Waals surface area contributed by atoms with E-state index in [4.69, 9.17) is 4.74 Å². The summed E-state index contributed by atoms with van der Waals surface area (Å²) in [5.74, 6) is 0. The van der Waals surface area contributed by atoms with Crippen LogP contribution in [0.1, 0.15) is 46.0 Å². The maximum Gasteiger partial charge on any atom is 0.0631 e. The molecule has 1 aliphatic carbocycles. The van der Waals surface area contributed by atoms with E-state index in [1.807, 2.05) is 0 Å². The molecule has 1 saturated heterocycles. The minimum absolute atomic E-state index is 0.143. The Balaban J connectivity index is 1.59. The summed E-state index contributed by atoms with van der Waals surface area (Å²) in [5, 5.41) is 3.53. The molecule has 1 unspecified atom stereocenters. The van der Waals surface area contributed by atoms with Crippen LogP contribution in [0.4, 0.5) is 0 Å². The van der Waals surface area contributed by atoms with Gasteiger partial charge in [0.05, 0.1) is 11.7 Å². The van der Waals surface area contributed by atoms with Gasteiger partial charge in [-0.15, -0.1) is 0 Å². The van der Waals surface area contributed by atoms with Gasteiger partial charge in [-0.2, -0.15) is 0 Å². The van der Waals surface area contributed by atoms with Crippen LogP contribution in [-0.4, -0.2) is 24.3 Å². The van der Waals surface area contributed by atoms with E-state index in [0.29, 0.717) is 6.10 Å². The van der Waals surface area contributed by atoms with Gasteiger partial charge in [-0.25, -0.2) is 0 Å². The van der Waals surface area contributed by atoms with Gasteiger partial charge in [0.2, 0.25) is 0 Å². The molecule has 0 amide bonds.